The lowest BCUT2D eigenvalue weighted by atomic mass is 9.72. The van der Waals surface area contributed by atoms with Crippen molar-refractivity contribution in [1.29, 1.82) is 0 Å². The Bertz CT molecular complexity index is 1120. The second-order valence-electron chi connectivity index (χ2n) is 12.1. The number of aliphatic hydroxyl groups excluding tert-OH is 1. The average Bonchev–Trinajstić information content (AvgIpc) is 3.44. The number of rotatable bonds is 8. The van der Waals surface area contributed by atoms with Gasteiger partial charge in [0.15, 0.2) is 0 Å². The lowest BCUT2D eigenvalue weighted by Crippen LogP contribution is -2.53. The Kier molecular flexibility index (Phi) is 10.1. The van der Waals surface area contributed by atoms with E-state index in [2.05, 4.69) is 35.8 Å². The molecule has 2 amide bonds. The molecule has 4 atom stereocenters. The Morgan fingerprint density at radius 1 is 1.02 bits per heavy atom. The number of amides is 2. The first-order chi connectivity index (χ1) is 19.0. The summed E-state index contributed by atoms with van der Waals surface area (Å²) in [6, 6.07) is 6.32. The van der Waals surface area contributed by atoms with Gasteiger partial charge in [0.25, 0.3) is 0 Å². The van der Waals surface area contributed by atoms with Crippen LogP contribution in [0.1, 0.15) is 46.0 Å². The van der Waals surface area contributed by atoms with Crippen LogP contribution in [0.4, 0.5) is 10.5 Å². The van der Waals surface area contributed by atoms with Crippen molar-refractivity contribution in [2.24, 2.45) is 29.6 Å². The zero-order valence-electron chi connectivity index (χ0n) is 24.3. The van der Waals surface area contributed by atoms with E-state index >= 15 is 0 Å². The molecule has 2 N–H and O–H groups in total. The SMILES string of the molecule is COC(=O)Nc1ccc(S(=O)(=O)N2CCC(C3CCN(C)C(C(C(=O)N4CCC(CO)C4)C(C)C)C3)CC2)cc1. The predicted molar refractivity (Wildman–Crippen MR) is 153 cm³/mol. The number of methoxy groups -OCH3 is 1. The first kappa shape index (κ1) is 30.7. The molecule has 0 radical (unpaired) electrons. The molecule has 224 valence electrons. The van der Waals surface area contributed by atoms with Crippen LogP contribution in [-0.4, -0.2) is 99.2 Å². The van der Waals surface area contributed by atoms with Crippen molar-refractivity contribution in [2.45, 2.75) is 56.9 Å². The van der Waals surface area contributed by atoms with Crippen molar-refractivity contribution in [3.8, 4) is 0 Å². The Balaban J connectivity index is 1.37. The molecule has 4 rings (SSSR count). The molecule has 10 nitrogen and oxygen atoms in total. The zero-order valence-corrected chi connectivity index (χ0v) is 25.1. The number of likely N-dealkylation sites (tertiary alicyclic amines) is 2. The summed E-state index contributed by atoms with van der Waals surface area (Å²) in [5.74, 6) is 1.44. The molecule has 1 aromatic carbocycles. The molecule has 40 heavy (non-hydrogen) atoms. The van der Waals surface area contributed by atoms with Crippen molar-refractivity contribution in [1.82, 2.24) is 14.1 Å². The van der Waals surface area contributed by atoms with Crippen molar-refractivity contribution in [3.05, 3.63) is 24.3 Å². The van der Waals surface area contributed by atoms with E-state index in [1.54, 1.807) is 16.4 Å². The van der Waals surface area contributed by atoms with E-state index in [-0.39, 0.29) is 41.2 Å². The molecule has 1 aromatic rings. The van der Waals surface area contributed by atoms with E-state index in [1.165, 1.54) is 19.2 Å². The molecule has 3 fully saturated rings. The topological polar surface area (TPSA) is 119 Å². The maximum absolute atomic E-state index is 13.7. The minimum absolute atomic E-state index is 0.0812. The Morgan fingerprint density at radius 2 is 1.68 bits per heavy atom. The first-order valence-corrected chi connectivity index (χ1v) is 16.0. The third-order valence-electron chi connectivity index (χ3n) is 9.33. The van der Waals surface area contributed by atoms with Crippen LogP contribution in [0, 0.1) is 29.6 Å². The van der Waals surface area contributed by atoms with Gasteiger partial charge in [0.05, 0.1) is 17.9 Å². The summed E-state index contributed by atoms with van der Waals surface area (Å²) in [6.45, 7) is 7.69. The molecule has 0 aliphatic carbocycles. The van der Waals surface area contributed by atoms with E-state index in [0.717, 1.165) is 45.2 Å². The Hall–Kier alpha value is -2.21. The average molecular weight is 579 g/mol. The van der Waals surface area contributed by atoms with Gasteiger partial charge in [-0.25, -0.2) is 13.2 Å². The van der Waals surface area contributed by atoms with E-state index in [1.807, 2.05) is 4.90 Å². The predicted octanol–water partition coefficient (Wildman–Crippen LogP) is 3.09. The molecule has 3 aliphatic rings. The molecule has 0 bridgehead atoms. The number of anilines is 1. The second-order valence-corrected chi connectivity index (χ2v) is 14.0. The monoisotopic (exact) mass is 578 g/mol. The molecule has 0 saturated carbocycles. The molecular weight excluding hydrogens is 532 g/mol. The maximum atomic E-state index is 13.7. The van der Waals surface area contributed by atoms with Gasteiger partial charge in [-0.15, -0.1) is 0 Å². The molecule has 3 heterocycles. The van der Waals surface area contributed by atoms with Crippen LogP contribution in [0.3, 0.4) is 0 Å². The highest BCUT2D eigenvalue weighted by atomic mass is 32.2. The fraction of sp³-hybridized carbons (Fsp3) is 0.724. The zero-order chi connectivity index (χ0) is 29.0. The number of piperidine rings is 2. The minimum atomic E-state index is -3.63. The smallest absolute Gasteiger partial charge is 0.411 e. The normalized spacial score (nSPS) is 26.1. The van der Waals surface area contributed by atoms with Crippen LogP contribution in [-0.2, 0) is 19.6 Å². The van der Waals surface area contributed by atoms with Gasteiger partial charge in [-0.2, -0.15) is 4.31 Å². The number of ether oxygens (including phenoxy) is 1. The lowest BCUT2D eigenvalue weighted by Gasteiger charge is -2.46. The number of hydrogen-bond donors (Lipinski definition) is 2. The van der Waals surface area contributed by atoms with Crippen molar-refractivity contribution < 1.29 is 27.9 Å². The summed E-state index contributed by atoms with van der Waals surface area (Å²) in [4.78, 5) is 29.6. The van der Waals surface area contributed by atoms with E-state index in [0.29, 0.717) is 37.2 Å². The van der Waals surface area contributed by atoms with E-state index in [9.17, 15) is 23.1 Å². The molecular formula is C29H46N4O6S. The minimum Gasteiger partial charge on any atom is -0.453 e. The summed E-state index contributed by atoms with van der Waals surface area (Å²) < 4.78 is 32.8. The van der Waals surface area contributed by atoms with Gasteiger partial charge < -0.3 is 19.6 Å². The standard InChI is InChI=1S/C29H46N4O6S/c1-20(2)27(28(35)32-14-9-21(18-32)19-34)26-17-23(10-13-31(26)3)22-11-15-33(16-12-22)40(37,38)25-7-5-24(6-8-25)30-29(36)39-4/h5-8,20-23,26-27,34H,9-19H2,1-4H3,(H,30,36). The first-order valence-electron chi connectivity index (χ1n) is 14.6. The van der Waals surface area contributed by atoms with Crippen LogP contribution >= 0.6 is 0 Å². The van der Waals surface area contributed by atoms with Gasteiger partial charge in [0.1, 0.15) is 0 Å². The molecule has 4 unspecified atom stereocenters. The van der Waals surface area contributed by atoms with Gasteiger partial charge in [-0.3, -0.25) is 10.1 Å². The van der Waals surface area contributed by atoms with Gasteiger partial charge in [-0.05, 0) is 87.7 Å². The number of carbonyl (C=O) groups is 2. The third-order valence-corrected chi connectivity index (χ3v) is 11.2. The fourth-order valence-electron chi connectivity index (χ4n) is 6.89. The van der Waals surface area contributed by atoms with E-state index in [4.69, 9.17) is 0 Å². The number of carbonyl (C=O) groups excluding carboxylic acids is 2. The summed E-state index contributed by atoms with van der Waals surface area (Å²) in [5, 5.41) is 12.1. The fourth-order valence-corrected chi connectivity index (χ4v) is 8.36. The quantitative estimate of drug-likeness (QED) is 0.487. The Morgan fingerprint density at radius 3 is 2.25 bits per heavy atom. The van der Waals surface area contributed by atoms with Gasteiger partial charge >= 0.3 is 6.09 Å². The van der Waals surface area contributed by atoms with Crippen molar-refractivity contribution >= 4 is 27.7 Å². The van der Waals surface area contributed by atoms with Gasteiger partial charge in [0, 0.05) is 50.4 Å². The van der Waals surface area contributed by atoms with Crippen LogP contribution in [0.25, 0.3) is 0 Å². The third kappa shape index (κ3) is 6.80. The van der Waals surface area contributed by atoms with Gasteiger partial charge in [0.2, 0.25) is 15.9 Å². The number of nitrogens with one attached hydrogen (secondary N) is 1. The number of benzene rings is 1. The molecule has 0 spiro atoms. The molecule has 0 aromatic heterocycles. The van der Waals surface area contributed by atoms with Crippen LogP contribution in [0.15, 0.2) is 29.2 Å². The maximum Gasteiger partial charge on any atom is 0.411 e. The Labute approximate surface area is 239 Å². The molecule has 3 saturated heterocycles. The van der Waals surface area contributed by atoms with Crippen LogP contribution in [0.2, 0.25) is 0 Å². The van der Waals surface area contributed by atoms with Crippen molar-refractivity contribution in [2.75, 3.05) is 58.8 Å². The number of aliphatic hydroxyl groups is 1. The van der Waals surface area contributed by atoms with Crippen LogP contribution in [0.5, 0.6) is 0 Å². The molecule has 3 aliphatic heterocycles. The highest BCUT2D eigenvalue weighted by Crippen LogP contribution is 2.39. The number of hydrogen-bond acceptors (Lipinski definition) is 7. The summed E-state index contributed by atoms with van der Waals surface area (Å²) >= 11 is 0. The number of nitrogens with zero attached hydrogens (tertiary/aromatic N) is 3. The lowest BCUT2D eigenvalue weighted by molar-refractivity contribution is -0.140. The van der Waals surface area contributed by atoms with Crippen LogP contribution < -0.4 is 5.32 Å². The molecule has 11 heteroatoms. The summed E-state index contributed by atoms with van der Waals surface area (Å²) in [6.07, 6.45) is 3.90. The highest BCUT2D eigenvalue weighted by molar-refractivity contribution is 7.89. The summed E-state index contributed by atoms with van der Waals surface area (Å²) in [5.41, 5.74) is 0.470. The summed E-state index contributed by atoms with van der Waals surface area (Å²) in [7, 11) is -0.223. The number of sulfonamides is 1. The van der Waals surface area contributed by atoms with E-state index < -0.39 is 16.1 Å². The van der Waals surface area contributed by atoms with Crippen molar-refractivity contribution in [3.63, 3.8) is 0 Å². The van der Waals surface area contributed by atoms with Gasteiger partial charge in [-0.1, -0.05) is 13.8 Å². The highest BCUT2D eigenvalue weighted by Gasteiger charge is 2.43. The largest absolute Gasteiger partial charge is 0.453 e. The second kappa shape index (κ2) is 13.2.